The minimum atomic E-state index is -4.73. The van der Waals surface area contributed by atoms with Gasteiger partial charge in [0, 0.05) is 12.6 Å². The van der Waals surface area contributed by atoms with Gasteiger partial charge in [0.25, 0.3) is 0 Å². The molecule has 0 bridgehead atoms. The number of carbonyl (C=O) groups is 2. The van der Waals surface area contributed by atoms with E-state index in [0.29, 0.717) is 11.8 Å². The Bertz CT molecular complexity index is 1500. The zero-order valence-corrected chi connectivity index (χ0v) is 22.7. The number of carbonyl (C=O) groups excluding carboxylic acids is 2. The Hall–Kier alpha value is -4.55. The highest BCUT2D eigenvalue weighted by molar-refractivity contribution is 5.78. The second-order valence-corrected chi connectivity index (χ2v) is 9.58. The summed E-state index contributed by atoms with van der Waals surface area (Å²) in [6, 6.07) is 4.53. The number of rotatable bonds is 10. The van der Waals surface area contributed by atoms with Crippen LogP contribution in [-0.4, -0.2) is 76.2 Å². The fourth-order valence-corrected chi connectivity index (χ4v) is 4.04. The third-order valence-electron chi connectivity index (χ3n) is 6.32. The van der Waals surface area contributed by atoms with Gasteiger partial charge in [0.15, 0.2) is 23.9 Å². The van der Waals surface area contributed by atoms with Crippen LogP contribution in [0.4, 0.5) is 36.6 Å². The molecule has 2 heterocycles. The minimum absolute atomic E-state index is 0.0445. The Morgan fingerprint density at radius 2 is 1.67 bits per heavy atom. The number of ether oxygens (including phenoxy) is 3. The first-order valence-corrected chi connectivity index (χ1v) is 12.9. The molecule has 2 aromatic carbocycles. The van der Waals surface area contributed by atoms with Crippen LogP contribution in [0.3, 0.4) is 0 Å². The zero-order valence-electron chi connectivity index (χ0n) is 22.7. The molecule has 18 heteroatoms. The van der Waals surface area contributed by atoms with E-state index >= 15 is 0 Å². The predicted octanol–water partition coefficient (Wildman–Crippen LogP) is 2.30. The Kier molecular flexibility index (Phi) is 10.4. The number of esters is 1. The number of alkyl halides is 3. The van der Waals surface area contributed by atoms with Gasteiger partial charge >= 0.3 is 12.1 Å². The van der Waals surface area contributed by atoms with Gasteiger partial charge in [-0.1, -0.05) is 12.1 Å². The van der Waals surface area contributed by atoms with Crippen molar-refractivity contribution in [1.29, 1.82) is 0 Å². The van der Waals surface area contributed by atoms with Crippen LogP contribution in [0.2, 0.25) is 0 Å². The number of hydrogen-bond acceptors (Lipinski definition) is 10. The Morgan fingerprint density at radius 3 is 2.31 bits per heavy atom. The number of nitrogens with one attached hydrogen (secondary N) is 2. The van der Waals surface area contributed by atoms with Crippen LogP contribution in [0.15, 0.2) is 42.7 Å². The molecule has 45 heavy (non-hydrogen) atoms. The lowest BCUT2D eigenvalue weighted by molar-refractivity contribution is -0.143. The standard InChI is InChI=1S/C27H23F7N4O7/c28-14-6-15(29)23(31)26(22(14)30)45-21(40)11-43-13-3-1-12(2-4-13)5-20(39)36-7-17-25(42)24(41)16(10-44-17)37-19-9-35-8-18(38-19)27(32,33)34/h1-4,6,8-9,16-17,24-25,41-42H,5,7,10-11H2,(H,36,39)(H,37,38)/t16-,17+,24+,25-/m0/s1. The molecule has 4 N–H and O–H groups in total. The van der Waals surface area contributed by atoms with Gasteiger partial charge in [-0.05, 0) is 17.7 Å². The first-order chi connectivity index (χ1) is 21.2. The zero-order chi connectivity index (χ0) is 32.9. The summed E-state index contributed by atoms with van der Waals surface area (Å²) in [6.07, 6.45) is -7.41. The van der Waals surface area contributed by atoms with Crippen molar-refractivity contribution in [2.75, 3.05) is 25.1 Å². The van der Waals surface area contributed by atoms with Gasteiger partial charge in [-0.25, -0.2) is 18.6 Å². The quantitative estimate of drug-likeness (QED) is 0.112. The van der Waals surface area contributed by atoms with E-state index < -0.39 is 83.7 Å². The van der Waals surface area contributed by atoms with Crippen molar-refractivity contribution < 1.29 is 64.7 Å². The van der Waals surface area contributed by atoms with Crippen molar-refractivity contribution in [3.8, 4) is 11.5 Å². The average molecular weight is 648 g/mol. The summed E-state index contributed by atoms with van der Waals surface area (Å²) in [7, 11) is 0. The van der Waals surface area contributed by atoms with Crippen LogP contribution >= 0.6 is 0 Å². The number of benzene rings is 2. The topological polar surface area (TPSA) is 152 Å². The molecule has 1 aliphatic heterocycles. The first kappa shape index (κ1) is 33.3. The normalized spacial score (nSPS) is 19.9. The van der Waals surface area contributed by atoms with Crippen molar-refractivity contribution in [3.63, 3.8) is 0 Å². The van der Waals surface area contributed by atoms with E-state index in [-0.39, 0.29) is 37.2 Å². The summed E-state index contributed by atoms with van der Waals surface area (Å²) in [4.78, 5) is 31.1. The second-order valence-electron chi connectivity index (χ2n) is 9.58. The summed E-state index contributed by atoms with van der Waals surface area (Å²) in [5.41, 5.74) is -0.780. The summed E-state index contributed by atoms with van der Waals surface area (Å²) in [6.45, 7) is -1.34. The number of amides is 1. The van der Waals surface area contributed by atoms with Gasteiger partial charge < -0.3 is 35.1 Å². The molecule has 0 spiro atoms. The van der Waals surface area contributed by atoms with E-state index in [4.69, 9.17) is 9.47 Å². The van der Waals surface area contributed by atoms with E-state index in [2.05, 4.69) is 25.3 Å². The number of halogens is 7. The van der Waals surface area contributed by atoms with E-state index in [1.807, 2.05) is 0 Å². The second kappa shape index (κ2) is 14.0. The fraction of sp³-hybridized carbons (Fsp3) is 0.333. The Balaban J connectivity index is 1.21. The number of hydrogen-bond donors (Lipinski definition) is 4. The number of aliphatic hydroxyl groups is 2. The molecule has 1 aromatic heterocycles. The molecule has 1 saturated heterocycles. The maximum Gasteiger partial charge on any atom is 0.434 e. The molecule has 4 rings (SSSR count). The molecule has 11 nitrogen and oxygen atoms in total. The van der Waals surface area contributed by atoms with Crippen LogP contribution in [0.5, 0.6) is 11.5 Å². The molecular formula is C27H23F7N4O7. The fourth-order valence-electron chi connectivity index (χ4n) is 4.04. The maximum atomic E-state index is 13.6. The molecule has 0 aliphatic carbocycles. The lowest BCUT2D eigenvalue weighted by Crippen LogP contribution is -2.58. The van der Waals surface area contributed by atoms with Gasteiger partial charge in [0.2, 0.25) is 23.3 Å². The molecule has 1 amide bonds. The molecule has 1 fully saturated rings. The highest BCUT2D eigenvalue weighted by Gasteiger charge is 2.39. The van der Waals surface area contributed by atoms with Crippen LogP contribution < -0.4 is 20.1 Å². The molecule has 3 aromatic rings. The van der Waals surface area contributed by atoms with Crippen LogP contribution in [0.1, 0.15) is 11.3 Å². The van der Waals surface area contributed by atoms with E-state index in [1.165, 1.54) is 24.3 Å². The molecular weight excluding hydrogens is 625 g/mol. The summed E-state index contributed by atoms with van der Waals surface area (Å²) >= 11 is 0. The van der Waals surface area contributed by atoms with Crippen molar-refractivity contribution >= 4 is 17.7 Å². The SMILES string of the molecule is O=C(Cc1ccc(OCC(=O)Oc2c(F)c(F)cc(F)c2F)cc1)NC[C@H]1OC[C@H](Nc2cncc(C(F)(F)F)n2)[C@@H](O)[C@H]1O. The Morgan fingerprint density at radius 1 is 1.00 bits per heavy atom. The average Bonchev–Trinajstić information content (AvgIpc) is 2.99. The van der Waals surface area contributed by atoms with E-state index in [9.17, 15) is 50.5 Å². The van der Waals surface area contributed by atoms with Crippen molar-refractivity contribution in [2.45, 2.75) is 37.0 Å². The third-order valence-corrected chi connectivity index (χ3v) is 6.32. The highest BCUT2D eigenvalue weighted by Crippen LogP contribution is 2.28. The molecule has 242 valence electrons. The predicted molar refractivity (Wildman–Crippen MR) is 137 cm³/mol. The maximum absolute atomic E-state index is 13.6. The van der Waals surface area contributed by atoms with E-state index in [0.717, 1.165) is 6.20 Å². The van der Waals surface area contributed by atoms with Crippen molar-refractivity contribution in [2.24, 2.45) is 0 Å². The number of aliphatic hydroxyl groups excluding tert-OH is 2. The molecule has 0 radical (unpaired) electrons. The van der Waals surface area contributed by atoms with Gasteiger partial charge in [-0.15, -0.1) is 0 Å². The van der Waals surface area contributed by atoms with Gasteiger partial charge in [-0.2, -0.15) is 22.0 Å². The van der Waals surface area contributed by atoms with Gasteiger partial charge in [-0.3, -0.25) is 9.78 Å². The number of nitrogens with zero attached hydrogens (tertiary/aromatic N) is 2. The lowest BCUT2D eigenvalue weighted by atomic mass is 9.98. The summed E-state index contributed by atoms with van der Waals surface area (Å²) in [5.74, 6) is -10.9. The number of anilines is 1. The monoisotopic (exact) mass is 648 g/mol. The Labute approximate surface area is 249 Å². The van der Waals surface area contributed by atoms with Crippen LogP contribution in [-0.2, 0) is 26.9 Å². The van der Waals surface area contributed by atoms with Gasteiger partial charge in [0.1, 0.15) is 29.9 Å². The minimum Gasteiger partial charge on any atom is -0.482 e. The summed E-state index contributed by atoms with van der Waals surface area (Å²) < 4.78 is 107. The molecule has 0 unspecified atom stereocenters. The lowest BCUT2D eigenvalue weighted by Gasteiger charge is -2.38. The van der Waals surface area contributed by atoms with Crippen molar-refractivity contribution in [1.82, 2.24) is 15.3 Å². The largest absolute Gasteiger partial charge is 0.482 e. The molecule has 4 atom stereocenters. The van der Waals surface area contributed by atoms with Crippen LogP contribution in [0, 0.1) is 23.3 Å². The van der Waals surface area contributed by atoms with E-state index in [1.54, 1.807) is 0 Å². The number of aromatic nitrogens is 2. The van der Waals surface area contributed by atoms with Crippen LogP contribution in [0.25, 0.3) is 0 Å². The molecule has 1 aliphatic rings. The van der Waals surface area contributed by atoms with Crippen molar-refractivity contribution in [3.05, 3.63) is 77.3 Å². The molecule has 0 saturated carbocycles. The third kappa shape index (κ3) is 8.55. The highest BCUT2D eigenvalue weighted by atomic mass is 19.4. The first-order valence-electron chi connectivity index (χ1n) is 12.9. The smallest absolute Gasteiger partial charge is 0.434 e. The van der Waals surface area contributed by atoms with Gasteiger partial charge in [0.05, 0.1) is 31.5 Å². The summed E-state index contributed by atoms with van der Waals surface area (Å²) in [5, 5.41) is 25.9.